The fourth-order valence-electron chi connectivity index (χ4n) is 4.17. The number of hydrogen-bond acceptors (Lipinski definition) is 9. The number of Topliss-reactive ketones (excluding diaryl/α,β-unsaturated/α-hetero) is 1. The molecule has 0 heterocycles. The second kappa shape index (κ2) is 10.5. The maximum Gasteiger partial charge on any atom is 0.204 e. The first-order chi connectivity index (χ1) is 17.0. The first kappa shape index (κ1) is 26.2. The summed E-state index contributed by atoms with van der Waals surface area (Å²) in [6, 6.07) is 6.78. The Bertz CT molecular complexity index is 1340. The molecule has 3 aromatic rings. The highest BCUT2D eigenvalue weighted by molar-refractivity contribution is 6.15. The lowest BCUT2D eigenvalue weighted by atomic mass is 9.90. The number of rotatable bonds is 9. The molecular formula is C27H28O9. The molecule has 9 heteroatoms. The Hall–Kier alpha value is -4.40. The molecule has 9 nitrogen and oxygen atoms in total. The summed E-state index contributed by atoms with van der Waals surface area (Å²) < 4.78 is 15.9. The smallest absolute Gasteiger partial charge is 0.204 e. The zero-order chi connectivity index (χ0) is 26.7. The highest BCUT2D eigenvalue weighted by atomic mass is 16.5. The molecule has 3 rings (SSSR count). The van der Waals surface area contributed by atoms with Crippen LogP contribution in [0.4, 0.5) is 0 Å². The van der Waals surface area contributed by atoms with Gasteiger partial charge in [0.15, 0.2) is 0 Å². The molecule has 0 bridgehead atoms. The van der Waals surface area contributed by atoms with E-state index in [9.17, 15) is 30.0 Å². The van der Waals surface area contributed by atoms with Gasteiger partial charge in [-0.25, -0.2) is 0 Å². The van der Waals surface area contributed by atoms with E-state index in [0.717, 1.165) is 6.07 Å². The fraction of sp³-hybridized carbons (Fsp3) is 0.259. The molecule has 0 saturated carbocycles. The van der Waals surface area contributed by atoms with Gasteiger partial charge in [0.1, 0.15) is 51.6 Å². The monoisotopic (exact) mass is 496 g/mol. The van der Waals surface area contributed by atoms with Crippen LogP contribution in [0.3, 0.4) is 0 Å². The molecule has 0 aliphatic rings. The molecule has 0 unspecified atom stereocenters. The molecule has 0 radical (unpaired) electrons. The first-order valence-corrected chi connectivity index (χ1v) is 10.9. The minimum absolute atomic E-state index is 0.0567. The van der Waals surface area contributed by atoms with Crippen molar-refractivity contribution in [1.82, 2.24) is 0 Å². The lowest BCUT2D eigenvalue weighted by Gasteiger charge is -2.19. The van der Waals surface area contributed by atoms with E-state index in [-0.39, 0.29) is 63.9 Å². The van der Waals surface area contributed by atoms with Crippen molar-refractivity contribution < 1.29 is 44.2 Å². The first-order valence-electron chi connectivity index (χ1n) is 10.9. The van der Waals surface area contributed by atoms with Crippen LogP contribution in [0.15, 0.2) is 30.3 Å². The van der Waals surface area contributed by atoms with Gasteiger partial charge in [-0.1, -0.05) is 0 Å². The largest absolute Gasteiger partial charge is 0.508 e. The van der Waals surface area contributed by atoms with Crippen molar-refractivity contribution in [3.05, 3.63) is 63.7 Å². The Labute approximate surface area is 208 Å². The zero-order valence-corrected chi connectivity index (χ0v) is 20.6. The molecule has 36 heavy (non-hydrogen) atoms. The van der Waals surface area contributed by atoms with Crippen LogP contribution < -0.4 is 14.2 Å². The predicted octanol–water partition coefficient (Wildman–Crippen LogP) is 3.80. The molecule has 0 fully saturated rings. The van der Waals surface area contributed by atoms with Gasteiger partial charge in [0.2, 0.25) is 5.78 Å². The van der Waals surface area contributed by atoms with Gasteiger partial charge in [-0.2, -0.15) is 0 Å². The minimum atomic E-state index is -0.704. The summed E-state index contributed by atoms with van der Waals surface area (Å²) in [5.74, 6) is -1.82. The number of carbonyl (C=O) groups is 2. The minimum Gasteiger partial charge on any atom is -0.508 e. The molecule has 0 aromatic heterocycles. The van der Waals surface area contributed by atoms with Crippen LogP contribution in [-0.4, -0.2) is 53.3 Å². The molecule has 0 atom stereocenters. The second-order valence-corrected chi connectivity index (χ2v) is 8.31. The molecule has 0 saturated heterocycles. The Morgan fingerprint density at radius 3 is 2.03 bits per heavy atom. The Morgan fingerprint density at radius 2 is 1.44 bits per heavy atom. The van der Waals surface area contributed by atoms with E-state index in [4.69, 9.17) is 14.2 Å². The molecule has 4 N–H and O–H groups in total. The normalized spacial score (nSPS) is 10.7. The Kier molecular flexibility index (Phi) is 7.62. The molecule has 0 aliphatic carbocycles. The van der Waals surface area contributed by atoms with E-state index in [1.807, 2.05) is 0 Å². The van der Waals surface area contributed by atoms with Crippen LogP contribution >= 0.6 is 0 Å². The number of aryl methyl sites for hydroxylation is 1. The van der Waals surface area contributed by atoms with Gasteiger partial charge in [-0.05, 0) is 37.1 Å². The quantitative estimate of drug-likeness (QED) is 0.325. The van der Waals surface area contributed by atoms with Crippen LogP contribution in [-0.2, 0) is 17.6 Å². The van der Waals surface area contributed by atoms with Crippen molar-refractivity contribution in [2.75, 3.05) is 21.3 Å². The van der Waals surface area contributed by atoms with Gasteiger partial charge in [0.05, 0.1) is 26.9 Å². The lowest BCUT2D eigenvalue weighted by molar-refractivity contribution is -0.116. The third-order valence-corrected chi connectivity index (χ3v) is 5.84. The number of phenols is 4. The summed E-state index contributed by atoms with van der Waals surface area (Å²) in [5.41, 5.74) is 0.907. The molecule has 0 spiro atoms. The van der Waals surface area contributed by atoms with Gasteiger partial charge < -0.3 is 34.6 Å². The molecule has 0 aliphatic heterocycles. The van der Waals surface area contributed by atoms with E-state index < -0.39 is 17.3 Å². The van der Waals surface area contributed by atoms with Crippen molar-refractivity contribution in [2.24, 2.45) is 0 Å². The third-order valence-electron chi connectivity index (χ3n) is 5.84. The summed E-state index contributed by atoms with van der Waals surface area (Å²) in [6.07, 6.45) is -0.241. The average Bonchev–Trinajstić information content (AvgIpc) is 2.80. The fourth-order valence-corrected chi connectivity index (χ4v) is 4.17. The van der Waals surface area contributed by atoms with Gasteiger partial charge >= 0.3 is 0 Å². The van der Waals surface area contributed by atoms with Crippen molar-refractivity contribution >= 4 is 11.6 Å². The molecular weight excluding hydrogens is 468 g/mol. The Balaban J connectivity index is 2.22. The van der Waals surface area contributed by atoms with E-state index in [0.29, 0.717) is 16.9 Å². The highest BCUT2D eigenvalue weighted by Gasteiger charge is 2.29. The van der Waals surface area contributed by atoms with Gasteiger partial charge in [0.25, 0.3) is 0 Å². The highest BCUT2D eigenvalue weighted by Crippen LogP contribution is 2.43. The summed E-state index contributed by atoms with van der Waals surface area (Å²) in [7, 11) is 4.18. The summed E-state index contributed by atoms with van der Waals surface area (Å²) in [4.78, 5) is 25.4. The van der Waals surface area contributed by atoms with E-state index >= 15 is 0 Å². The molecule has 0 amide bonds. The SMILES string of the molecule is COc1cc(C)c(C(=O)c2c(O)cc(OC)c(Cc3c(O)cc(O)cc3CC(C)=O)c2O)c(OC)c1. The van der Waals surface area contributed by atoms with Gasteiger partial charge in [0, 0.05) is 42.2 Å². The van der Waals surface area contributed by atoms with E-state index in [1.54, 1.807) is 13.0 Å². The van der Waals surface area contributed by atoms with E-state index in [2.05, 4.69) is 0 Å². The summed E-state index contributed by atoms with van der Waals surface area (Å²) in [6.45, 7) is 3.03. The van der Waals surface area contributed by atoms with E-state index in [1.165, 1.54) is 46.5 Å². The van der Waals surface area contributed by atoms with Crippen LogP contribution in [0.25, 0.3) is 0 Å². The Morgan fingerprint density at radius 1 is 0.778 bits per heavy atom. The molecule has 3 aromatic carbocycles. The number of aromatic hydroxyl groups is 4. The second-order valence-electron chi connectivity index (χ2n) is 8.31. The van der Waals surface area contributed by atoms with Crippen LogP contribution in [0, 0.1) is 6.92 Å². The average molecular weight is 497 g/mol. The van der Waals surface area contributed by atoms with Crippen molar-refractivity contribution in [3.8, 4) is 40.2 Å². The third kappa shape index (κ3) is 5.00. The van der Waals surface area contributed by atoms with Crippen LogP contribution in [0.5, 0.6) is 40.2 Å². The maximum absolute atomic E-state index is 13.6. The number of ketones is 2. The number of phenolic OH excluding ortho intramolecular Hbond substituents is 4. The van der Waals surface area contributed by atoms with Crippen molar-refractivity contribution in [1.29, 1.82) is 0 Å². The predicted molar refractivity (Wildman–Crippen MR) is 131 cm³/mol. The maximum atomic E-state index is 13.6. The number of methoxy groups -OCH3 is 3. The summed E-state index contributed by atoms with van der Waals surface area (Å²) >= 11 is 0. The van der Waals surface area contributed by atoms with Crippen LogP contribution in [0.2, 0.25) is 0 Å². The van der Waals surface area contributed by atoms with Crippen LogP contribution in [0.1, 0.15) is 45.1 Å². The lowest BCUT2D eigenvalue weighted by Crippen LogP contribution is -2.10. The standard InChI is InChI=1S/C27H28O9/c1-13-6-17(34-3)10-23(36-5)24(13)27(33)25-21(31)12-22(35-4)19(26(25)32)11-18-15(7-14(2)28)8-16(29)9-20(18)30/h6,8-10,12,29-32H,7,11H2,1-5H3. The van der Waals surface area contributed by atoms with Crippen molar-refractivity contribution in [2.45, 2.75) is 26.7 Å². The number of hydrogen-bond donors (Lipinski definition) is 4. The zero-order valence-electron chi connectivity index (χ0n) is 20.6. The van der Waals surface area contributed by atoms with Crippen molar-refractivity contribution in [3.63, 3.8) is 0 Å². The topological polar surface area (TPSA) is 143 Å². The number of benzene rings is 3. The molecule has 190 valence electrons. The number of ether oxygens (including phenoxy) is 3. The number of carbonyl (C=O) groups excluding carboxylic acids is 2. The van der Waals surface area contributed by atoms with Gasteiger partial charge in [-0.15, -0.1) is 0 Å². The summed E-state index contributed by atoms with van der Waals surface area (Å²) in [5, 5.41) is 42.3. The van der Waals surface area contributed by atoms with Gasteiger partial charge in [-0.3, -0.25) is 9.59 Å².